The molecule has 0 heterocycles. The summed E-state index contributed by atoms with van der Waals surface area (Å²) >= 11 is 12.4. The van der Waals surface area contributed by atoms with Crippen molar-refractivity contribution in [3.63, 3.8) is 0 Å². The molecular formula is C32H39Cl2N3O4S. The maximum Gasteiger partial charge on any atom is 0.244 e. The second-order valence-corrected chi connectivity index (χ2v) is 14.4. The second kappa shape index (κ2) is 13.9. The predicted molar refractivity (Wildman–Crippen MR) is 172 cm³/mol. The Balaban J connectivity index is 2.07. The first kappa shape index (κ1) is 33.4. The van der Waals surface area contributed by atoms with Gasteiger partial charge in [-0.2, -0.15) is 0 Å². The summed E-state index contributed by atoms with van der Waals surface area (Å²) in [6, 6.07) is 20.4. The summed E-state index contributed by atoms with van der Waals surface area (Å²) in [5.74, 6) is -0.881. The highest BCUT2D eigenvalue weighted by molar-refractivity contribution is 7.92. The van der Waals surface area contributed by atoms with E-state index in [0.29, 0.717) is 21.3 Å². The summed E-state index contributed by atoms with van der Waals surface area (Å²) in [4.78, 5) is 29.2. The lowest BCUT2D eigenvalue weighted by Crippen LogP contribution is -2.54. The third-order valence-corrected chi connectivity index (χ3v) is 8.62. The summed E-state index contributed by atoms with van der Waals surface area (Å²) in [5, 5.41) is 3.60. The highest BCUT2D eigenvalue weighted by Crippen LogP contribution is 2.27. The van der Waals surface area contributed by atoms with Crippen molar-refractivity contribution in [2.45, 2.75) is 65.1 Å². The number of benzene rings is 3. The van der Waals surface area contributed by atoms with Crippen LogP contribution in [0.15, 0.2) is 72.8 Å². The molecule has 0 aliphatic rings. The van der Waals surface area contributed by atoms with Crippen LogP contribution in [0.3, 0.4) is 0 Å². The van der Waals surface area contributed by atoms with Crippen LogP contribution in [0.4, 0.5) is 5.69 Å². The maximum absolute atomic E-state index is 14.2. The van der Waals surface area contributed by atoms with Gasteiger partial charge in [0.05, 0.1) is 22.0 Å². The predicted octanol–water partition coefficient (Wildman–Crippen LogP) is 6.22. The van der Waals surface area contributed by atoms with Gasteiger partial charge in [0.1, 0.15) is 12.6 Å². The number of carbonyl (C=O) groups excluding carboxylic acids is 2. The number of anilines is 1. The Morgan fingerprint density at radius 1 is 0.881 bits per heavy atom. The van der Waals surface area contributed by atoms with E-state index < -0.39 is 28.5 Å². The van der Waals surface area contributed by atoms with Gasteiger partial charge < -0.3 is 10.2 Å². The van der Waals surface area contributed by atoms with Crippen LogP contribution in [-0.4, -0.2) is 50.0 Å². The average Bonchev–Trinajstić information content (AvgIpc) is 2.90. The van der Waals surface area contributed by atoms with Gasteiger partial charge >= 0.3 is 0 Å². The Hall–Kier alpha value is -3.07. The third-order valence-electron chi connectivity index (χ3n) is 6.74. The van der Waals surface area contributed by atoms with Crippen LogP contribution in [0.5, 0.6) is 0 Å². The van der Waals surface area contributed by atoms with Crippen LogP contribution in [0.1, 0.15) is 51.3 Å². The Morgan fingerprint density at radius 2 is 1.50 bits per heavy atom. The lowest BCUT2D eigenvalue weighted by atomic mass is 9.87. The Morgan fingerprint density at radius 3 is 2.02 bits per heavy atom. The molecule has 0 aromatic heterocycles. The van der Waals surface area contributed by atoms with Crippen molar-refractivity contribution in [3.8, 4) is 0 Å². The summed E-state index contributed by atoms with van der Waals surface area (Å²) in [6.07, 6.45) is 1.29. The molecule has 1 N–H and O–H groups in total. The van der Waals surface area contributed by atoms with Crippen molar-refractivity contribution in [1.82, 2.24) is 10.2 Å². The molecule has 3 aromatic carbocycles. The van der Waals surface area contributed by atoms with Crippen molar-refractivity contribution in [1.29, 1.82) is 0 Å². The first-order chi connectivity index (χ1) is 19.6. The van der Waals surface area contributed by atoms with Crippen LogP contribution in [0.2, 0.25) is 10.0 Å². The quantitative estimate of drug-likeness (QED) is 0.272. The molecule has 7 nitrogen and oxygen atoms in total. The van der Waals surface area contributed by atoms with E-state index in [2.05, 4.69) is 26.1 Å². The van der Waals surface area contributed by atoms with Crippen molar-refractivity contribution in [2.24, 2.45) is 0 Å². The topological polar surface area (TPSA) is 86.8 Å². The zero-order valence-electron chi connectivity index (χ0n) is 24.9. The second-order valence-electron chi connectivity index (χ2n) is 11.7. The summed E-state index contributed by atoms with van der Waals surface area (Å²) in [7, 11) is -3.86. The van der Waals surface area contributed by atoms with E-state index in [1.54, 1.807) is 30.3 Å². The molecule has 0 aliphatic carbocycles. The molecule has 1 atom stereocenters. The fourth-order valence-corrected chi connectivity index (χ4v) is 5.68. The third kappa shape index (κ3) is 9.21. The van der Waals surface area contributed by atoms with E-state index >= 15 is 0 Å². The summed E-state index contributed by atoms with van der Waals surface area (Å²) < 4.78 is 27.1. The molecule has 1 unspecified atom stereocenters. The van der Waals surface area contributed by atoms with Gasteiger partial charge in [0, 0.05) is 19.0 Å². The molecule has 10 heteroatoms. The molecule has 0 fully saturated rings. The normalized spacial score (nSPS) is 12.6. The van der Waals surface area contributed by atoms with Gasteiger partial charge in [-0.15, -0.1) is 0 Å². The molecular weight excluding hydrogens is 593 g/mol. The number of hydrogen-bond acceptors (Lipinski definition) is 4. The van der Waals surface area contributed by atoms with Crippen molar-refractivity contribution >= 4 is 50.7 Å². The lowest BCUT2D eigenvalue weighted by molar-refractivity contribution is -0.140. The molecule has 0 saturated heterocycles. The van der Waals surface area contributed by atoms with Gasteiger partial charge in [0.25, 0.3) is 0 Å². The minimum Gasteiger partial charge on any atom is -0.352 e. The van der Waals surface area contributed by atoms with Crippen LogP contribution < -0.4 is 9.62 Å². The number of amides is 2. The molecule has 0 bridgehead atoms. The number of sulfonamides is 1. The number of nitrogens with one attached hydrogen (secondary N) is 1. The van der Waals surface area contributed by atoms with E-state index in [-0.39, 0.29) is 30.3 Å². The number of nitrogens with zero attached hydrogens (tertiary/aromatic N) is 2. The Labute approximate surface area is 259 Å². The molecule has 0 saturated carbocycles. The molecule has 0 spiro atoms. The highest BCUT2D eigenvalue weighted by Gasteiger charge is 2.33. The monoisotopic (exact) mass is 631 g/mol. The van der Waals surface area contributed by atoms with Crippen LogP contribution in [-0.2, 0) is 38.0 Å². The number of halogens is 2. The molecule has 0 radical (unpaired) electrons. The summed E-state index contributed by atoms with van der Waals surface area (Å²) in [6.45, 7) is 9.40. The average molecular weight is 633 g/mol. The maximum atomic E-state index is 14.2. The molecule has 2 amide bonds. The van der Waals surface area contributed by atoms with Crippen molar-refractivity contribution in [2.75, 3.05) is 17.1 Å². The minimum atomic E-state index is -3.86. The van der Waals surface area contributed by atoms with E-state index in [9.17, 15) is 18.0 Å². The first-order valence-electron chi connectivity index (χ1n) is 13.7. The van der Waals surface area contributed by atoms with Gasteiger partial charge in [-0.3, -0.25) is 13.9 Å². The highest BCUT2D eigenvalue weighted by atomic mass is 35.5. The number of carbonyl (C=O) groups is 2. The van der Waals surface area contributed by atoms with E-state index in [0.717, 1.165) is 21.7 Å². The fraction of sp³-hybridized carbons (Fsp3) is 0.375. The number of rotatable bonds is 11. The Bertz CT molecular complexity index is 1490. The lowest BCUT2D eigenvalue weighted by Gasteiger charge is -2.34. The SMILES string of the molecule is CC(C)NC(=O)C(Cc1ccccc1)N(Cc1ccc(Cl)c(Cl)c1)C(=O)CN(c1ccc(C(C)(C)C)cc1)S(C)(=O)=O. The molecule has 3 aromatic rings. The fourth-order valence-electron chi connectivity index (χ4n) is 4.51. The van der Waals surface area contributed by atoms with Gasteiger partial charge in [-0.25, -0.2) is 8.42 Å². The molecule has 3 rings (SSSR count). The zero-order valence-corrected chi connectivity index (χ0v) is 27.2. The van der Waals surface area contributed by atoms with Gasteiger partial charge in [0.15, 0.2) is 0 Å². The molecule has 226 valence electrons. The summed E-state index contributed by atoms with van der Waals surface area (Å²) in [5.41, 5.74) is 2.76. The molecule has 42 heavy (non-hydrogen) atoms. The van der Waals surface area contributed by atoms with Crippen molar-refractivity contribution in [3.05, 3.63) is 99.5 Å². The van der Waals surface area contributed by atoms with Crippen molar-refractivity contribution < 1.29 is 18.0 Å². The largest absolute Gasteiger partial charge is 0.352 e. The Kier molecular flexibility index (Phi) is 11.1. The zero-order chi connectivity index (χ0) is 31.2. The van der Waals surface area contributed by atoms with Crippen LogP contribution >= 0.6 is 23.2 Å². The van der Waals surface area contributed by atoms with E-state index in [1.165, 1.54) is 4.90 Å². The van der Waals surface area contributed by atoms with Crippen LogP contribution in [0.25, 0.3) is 0 Å². The first-order valence-corrected chi connectivity index (χ1v) is 16.3. The van der Waals surface area contributed by atoms with E-state index in [1.807, 2.05) is 56.3 Å². The van der Waals surface area contributed by atoms with Gasteiger partial charge in [-0.1, -0.05) is 92.5 Å². The van der Waals surface area contributed by atoms with E-state index in [4.69, 9.17) is 23.2 Å². The van der Waals surface area contributed by atoms with Crippen LogP contribution in [0, 0.1) is 0 Å². The number of hydrogen-bond donors (Lipinski definition) is 1. The smallest absolute Gasteiger partial charge is 0.244 e. The standard InChI is InChI=1S/C32H39Cl2N3O4S/c1-22(2)35-31(39)29(19-23-10-8-7-9-11-23)36(20-24-12-17-27(33)28(34)18-24)30(38)21-37(42(6,40)41)26-15-13-25(14-16-26)32(3,4)5/h7-18,22,29H,19-21H2,1-6H3,(H,35,39). The molecule has 0 aliphatic heterocycles. The minimum absolute atomic E-state index is 0.0132. The van der Waals surface area contributed by atoms with Gasteiger partial charge in [-0.05, 0) is 60.2 Å². The van der Waals surface area contributed by atoms with Gasteiger partial charge in [0.2, 0.25) is 21.8 Å².